The van der Waals surface area contributed by atoms with Crippen LogP contribution in [-0.4, -0.2) is 50.1 Å². The number of hydrogen-bond donors (Lipinski definition) is 3. The Morgan fingerprint density at radius 1 is 1.05 bits per heavy atom. The third-order valence-corrected chi connectivity index (χ3v) is 7.43. The Morgan fingerprint density at radius 3 is 2.45 bits per heavy atom. The first kappa shape index (κ1) is 26.2. The second-order valence-electron chi connectivity index (χ2n) is 8.82. The van der Waals surface area contributed by atoms with Gasteiger partial charge in [0.05, 0.1) is 17.8 Å². The van der Waals surface area contributed by atoms with E-state index in [0.29, 0.717) is 28.7 Å². The van der Waals surface area contributed by atoms with Gasteiger partial charge in [0, 0.05) is 32.5 Å². The number of benzene rings is 3. The van der Waals surface area contributed by atoms with E-state index in [9.17, 15) is 14.8 Å². The molecule has 38 heavy (non-hydrogen) atoms. The molecule has 0 saturated heterocycles. The summed E-state index contributed by atoms with van der Waals surface area (Å²) in [4.78, 5) is 19.6. The van der Waals surface area contributed by atoms with Gasteiger partial charge in [-0.25, -0.2) is 0 Å². The molecule has 1 atom stereocenters. The van der Waals surface area contributed by atoms with E-state index in [1.165, 1.54) is 0 Å². The molecule has 8 nitrogen and oxygen atoms in total. The van der Waals surface area contributed by atoms with E-state index < -0.39 is 13.2 Å². The van der Waals surface area contributed by atoms with Gasteiger partial charge in [0.1, 0.15) is 11.9 Å². The van der Waals surface area contributed by atoms with Gasteiger partial charge < -0.3 is 15.4 Å². The molecule has 1 unspecified atom stereocenters. The molecule has 192 valence electrons. The number of aromatic nitrogens is 3. The number of nitrogens with zero attached hydrogens (tertiary/aromatic N) is 4. The maximum Gasteiger partial charge on any atom is 0.488 e. The van der Waals surface area contributed by atoms with Crippen LogP contribution in [0.25, 0.3) is 5.69 Å². The average molecular weight is 546 g/mol. The quantitative estimate of drug-likeness (QED) is 0.307. The number of halogens is 1. The summed E-state index contributed by atoms with van der Waals surface area (Å²) in [5, 5.41) is 31.0. The van der Waals surface area contributed by atoms with Crippen LogP contribution in [0.15, 0.2) is 81.5 Å². The highest BCUT2D eigenvalue weighted by Crippen LogP contribution is 2.36. The van der Waals surface area contributed by atoms with Crippen molar-refractivity contribution in [1.29, 1.82) is 0 Å². The number of hydrogen-bond acceptors (Lipinski definition) is 7. The lowest BCUT2D eigenvalue weighted by Crippen LogP contribution is -2.29. The van der Waals surface area contributed by atoms with Crippen LogP contribution in [0.2, 0.25) is 5.02 Å². The largest absolute Gasteiger partial charge is 0.488 e. The first-order valence-electron chi connectivity index (χ1n) is 12.1. The monoisotopic (exact) mass is 545 g/mol. The molecule has 1 aliphatic heterocycles. The molecule has 0 radical (unpaired) electrons. The van der Waals surface area contributed by atoms with Crippen LogP contribution in [0.3, 0.4) is 0 Å². The van der Waals surface area contributed by atoms with Crippen LogP contribution in [-0.2, 0) is 4.79 Å². The van der Waals surface area contributed by atoms with Crippen LogP contribution in [0.5, 0.6) is 0 Å². The minimum Gasteiger partial charge on any atom is -0.423 e. The Bertz CT molecular complexity index is 1510. The van der Waals surface area contributed by atoms with Crippen molar-refractivity contribution in [1.82, 2.24) is 20.1 Å². The Hall–Kier alpha value is -3.44. The minimum atomic E-state index is -1.51. The molecule has 1 aromatic heterocycles. The van der Waals surface area contributed by atoms with Gasteiger partial charge in [-0.15, -0.1) is 10.2 Å². The van der Waals surface area contributed by atoms with E-state index in [-0.39, 0.29) is 12.3 Å². The second-order valence-corrected chi connectivity index (χ2v) is 10.4. The molecule has 11 heteroatoms. The number of nitrogens with one attached hydrogen (secondary N) is 1. The van der Waals surface area contributed by atoms with Crippen molar-refractivity contribution in [2.75, 3.05) is 6.54 Å². The molecular formula is C27H25BClN5O3S. The standard InChI is InChI=1S/C27H25BClN5O3S/c1-3-30-25(35)15-23-27-33-32-16(2)34(27)24-13-12-21(38-20-10-6-18(7-11-20)28(36)37)14-22(24)26(31-23)17-4-8-19(29)9-5-17/h4-14,23,36-37H,3,15H2,1-2H3,(H,30,35). The number of fused-ring (bicyclic) bond motifs is 3. The van der Waals surface area contributed by atoms with Gasteiger partial charge in [0.25, 0.3) is 0 Å². The lowest BCUT2D eigenvalue weighted by atomic mass is 9.81. The van der Waals surface area contributed by atoms with Crippen LogP contribution in [0.1, 0.15) is 42.2 Å². The zero-order valence-corrected chi connectivity index (χ0v) is 22.4. The fourth-order valence-corrected chi connectivity index (χ4v) is 5.39. The van der Waals surface area contributed by atoms with E-state index in [4.69, 9.17) is 16.6 Å². The summed E-state index contributed by atoms with van der Waals surface area (Å²) >= 11 is 7.74. The normalized spacial score (nSPS) is 14.2. The highest BCUT2D eigenvalue weighted by atomic mass is 35.5. The fraction of sp³-hybridized carbons (Fsp3) is 0.185. The molecule has 0 aliphatic carbocycles. The third-order valence-electron chi connectivity index (χ3n) is 6.18. The van der Waals surface area contributed by atoms with E-state index in [0.717, 1.165) is 32.3 Å². The zero-order valence-electron chi connectivity index (χ0n) is 20.8. The maximum atomic E-state index is 12.6. The molecule has 1 aliphatic rings. The van der Waals surface area contributed by atoms with Crippen molar-refractivity contribution in [2.45, 2.75) is 36.1 Å². The van der Waals surface area contributed by atoms with Crippen molar-refractivity contribution < 1.29 is 14.8 Å². The summed E-state index contributed by atoms with van der Waals surface area (Å²) < 4.78 is 1.97. The summed E-state index contributed by atoms with van der Waals surface area (Å²) in [5.74, 6) is 1.20. The van der Waals surface area contributed by atoms with E-state index >= 15 is 0 Å². The fourth-order valence-electron chi connectivity index (χ4n) is 4.40. The molecule has 0 saturated carbocycles. The zero-order chi connectivity index (χ0) is 26.8. The van der Waals surface area contributed by atoms with Crippen molar-refractivity contribution >= 4 is 47.6 Å². The van der Waals surface area contributed by atoms with Gasteiger partial charge in [-0.2, -0.15) is 0 Å². The van der Waals surface area contributed by atoms with E-state index in [1.54, 1.807) is 23.9 Å². The number of amides is 1. The smallest absolute Gasteiger partial charge is 0.423 e. The first-order chi connectivity index (χ1) is 18.3. The number of aryl methyl sites for hydroxylation is 1. The number of carbonyl (C=O) groups is 1. The third kappa shape index (κ3) is 5.39. The molecular weight excluding hydrogens is 521 g/mol. The van der Waals surface area contributed by atoms with Crippen molar-refractivity contribution in [2.24, 2.45) is 4.99 Å². The molecule has 3 N–H and O–H groups in total. The molecule has 0 bridgehead atoms. The number of aliphatic imine (C=N–C) groups is 1. The first-order valence-corrected chi connectivity index (χ1v) is 13.3. The van der Waals surface area contributed by atoms with Crippen LogP contribution >= 0.6 is 23.4 Å². The van der Waals surface area contributed by atoms with Gasteiger partial charge in [-0.1, -0.05) is 47.6 Å². The minimum absolute atomic E-state index is 0.109. The maximum absolute atomic E-state index is 12.6. The lowest BCUT2D eigenvalue weighted by molar-refractivity contribution is -0.121. The van der Waals surface area contributed by atoms with Crippen LogP contribution in [0.4, 0.5) is 0 Å². The average Bonchev–Trinajstić information content (AvgIpc) is 3.22. The molecule has 1 amide bonds. The van der Waals surface area contributed by atoms with Crippen molar-refractivity contribution in [3.8, 4) is 5.69 Å². The molecule has 3 aromatic carbocycles. The summed E-state index contributed by atoms with van der Waals surface area (Å²) in [6.07, 6.45) is 0.141. The van der Waals surface area contributed by atoms with Crippen LogP contribution in [0, 0.1) is 6.92 Å². The van der Waals surface area contributed by atoms with Crippen LogP contribution < -0.4 is 10.8 Å². The highest BCUT2D eigenvalue weighted by molar-refractivity contribution is 7.99. The number of carbonyl (C=O) groups excluding carboxylic acids is 1. The SMILES string of the molecule is CCNC(=O)CC1N=C(c2ccc(Cl)cc2)c2cc(Sc3ccc(B(O)O)cc3)ccc2-n2c(C)nnc21. The summed E-state index contributed by atoms with van der Waals surface area (Å²) in [6.45, 7) is 4.30. The van der Waals surface area contributed by atoms with Gasteiger partial charge in [-0.3, -0.25) is 14.4 Å². The summed E-state index contributed by atoms with van der Waals surface area (Å²) in [5.41, 5.74) is 3.79. The van der Waals surface area contributed by atoms with Gasteiger partial charge >= 0.3 is 7.12 Å². The Kier molecular flexibility index (Phi) is 7.67. The Balaban J connectivity index is 1.63. The summed E-state index contributed by atoms with van der Waals surface area (Å²) in [6, 6.07) is 20.1. The second kappa shape index (κ2) is 11.1. The predicted molar refractivity (Wildman–Crippen MR) is 150 cm³/mol. The topological polar surface area (TPSA) is 113 Å². The van der Waals surface area contributed by atoms with Gasteiger partial charge in [0.15, 0.2) is 5.82 Å². The molecule has 4 aromatic rings. The van der Waals surface area contributed by atoms with Crippen molar-refractivity contribution in [3.05, 3.63) is 94.5 Å². The van der Waals surface area contributed by atoms with E-state index in [2.05, 4.69) is 21.6 Å². The molecule has 0 fully saturated rings. The number of rotatable bonds is 7. The molecule has 2 heterocycles. The molecule has 0 spiro atoms. The van der Waals surface area contributed by atoms with Crippen molar-refractivity contribution in [3.63, 3.8) is 0 Å². The Labute approximate surface area is 229 Å². The van der Waals surface area contributed by atoms with Gasteiger partial charge in [-0.05, 0) is 61.8 Å². The molecule has 5 rings (SSSR count). The van der Waals surface area contributed by atoms with E-state index in [1.807, 2.05) is 66.9 Å². The van der Waals surface area contributed by atoms with Gasteiger partial charge in [0.2, 0.25) is 5.91 Å². The lowest BCUT2D eigenvalue weighted by Gasteiger charge is -2.14. The predicted octanol–water partition coefficient (Wildman–Crippen LogP) is 3.48. The highest BCUT2D eigenvalue weighted by Gasteiger charge is 2.30. The summed E-state index contributed by atoms with van der Waals surface area (Å²) in [7, 11) is -1.51. The Morgan fingerprint density at radius 2 is 1.76 bits per heavy atom.